The molecule has 56 heavy (non-hydrogen) atoms. The van der Waals surface area contributed by atoms with E-state index in [1.165, 1.54) is 0 Å². The number of rotatable bonds is 0. The van der Waals surface area contributed by atoms with Crippen molar-refractivity contribution in [1.29, 1.82) is 0 Å². The summed E-state index contributed by atoms with van der Waals surface area (Å²) in [4.78, 5) is 77.3. The standard InChI is InChI=1S/6C5H5N.3C2H2O4.2Cr/c6*1-2-4-6-5-3-1;3*3-1(4)2(5)6;;/h6*1-5H;3*(H,3,4)(H,5,6);;. The molecule has 0 spiro atoms. The number of carbonyl (C=O) groups is 6. The molecule has 0 aromatic carbocycles. The molecule has 20 heteroatoms. The van der Waals surface area contributed by atoms with Gasteiger partial charge in [-0.2, -0.15) is 0 Å². The summed E-state index contributed by atoms with van der Waals surface area (Å²) in [5, 5.41) is 44.3. The van der Waals surface area contributed by atoms with Gasteiger partial charge in [-0.3, -0.25) is 29.9 Å². The maximum absolute atomic E-state index is 9.10. The van der Waals surface area contributed by atoms with Gasteiger partial charge in [-0.25, -0.2) is 28.8 Å². The average molecular weight is 849 g/mol. The number of pyridine rings is 6. The van der Waals surface area contributed by atoms with Gasteiger partial charge in [0.05, 0.1) is 0 Å². The summed E-state index contributed by atoms with van der Waals surface area (Å²) in [5.74, 6) is -10.9. The topological polar surface area (TPSA) is 301 Å². The van der Waals surface area contributed by atoms with E-state index >= 15 is 0 Å². The number of hydrogen-bond acceptors (Lipinski definition) is 12. The van der Waals surface area contributed by atoms with Crippen LogP contribution in [0.25, 0.3) is 0 Å². The monoisotopic (exact) mass is 848 g/mol. The van der Waals surface area contributed by atoms with Crippen molar-refractivity contribution in [2.75, 3.05) is 0 Å². The van der Waals surface area contributed by atoms with E-state index in [4.69, 9.17) is 59.4 Å². The van der Waals surface area contributed by atoms with Gasteiger partial charge in [0.15, 0.2) is 0 Å². The summed E-state index contributed by atoms with van der Waals surface area (Å²) < 4.78 is 0. The third-order valence-electron chi connectivity index (χ3n) is 3.95. The first-order valence-electron chi connectivity index (χ1n) is 14.4. The van der Waals surface area contributed by atoms with Gasteiger partial charge in [-0.1, -0.05) is 36.4 Å². The summed E-state index contributed by atoms with van der Waals surface area (Å²) in [7, 11) is 0. The molecule has 6 rings (SSSR count). The van der Waals surface area contributed by atoms with E-state index < -0.39 is 35.8 Å². The minimum Gasteiger partial charge on any atom is -0.473 e. The molecule has 0 atom stereocenters. The van der Waals surface area contributed by atoms with Crippen molar-refractivity contribution >= 4 is 35.8 Å². The van der Waals surface area contributed by atoms with E-state index in [2.05, 4.69) is 29.9 Å². The zero-order valence-corrected chi connectivity index (χ0v) is 31.5. The largest absolute Gasteiger partial charge is 0.473 e. The minimum atomic E-state index is -1.82. The summed E-state index contributed by atoms with van der Waals surface area (Å²) in [5.41, 5.74) is 0. The second-order valence-electron chi connectivity index (χ2n) is 7.98. The van der Waals surface area contributed by atoms with Crippen molar-refractivity contribution in [3.05, 3.63) is 184 Å². The summed E-state index contributed by atoms with van der Waals surface area (Å²) in [6.07, 6.45) is 21.0. The normalized spacial score (nSPS) is 7.50. The van der Waals surface area contributed by atoms with Gasteiger partial charge in [-0.15, -0.1) is 0 Å². The van der Waals surface area contributed by atoms with Crippen molar-refractivity contribution in [1.82, 2.24) is 29.9 Å². The van der Waals surface area contributed by atoms with E-state index in [0.717, 1.165) is 0 Å². The van der Waals surface area contributed by atoms with Gasteiger partial charge >= 0.3 is 35.8 Å². The number of carboxylic acids is 6. The van der Waals surface area contributed by atoms with Gasteiger partial charge in [0.2, 0.25) is 0 Å². The van der Waals surface area contributed by atoms with Crippen LogP contribution in [0, 0.1) is 0 Å². The van der Waals surface area contributed by atoms with Crippen LogP contribution < -0.4 is 0 Å². The summed E-state index contributed by atoms with van der Waals surface area (Å²) in [6.45, 7) is 0. The van der Waals surface area contributed by atoms with Crippen molar-refractivity contribution in [3.63, 3.8) is 0 Å². The average Bonchev–Trinajstić information content (AvgIpc) is 3.23. The van der Waals surface area contributed by atoms with Crippen LogP contribution in [0.15, 0.2) is 184 Å². The first kappa shape index (κ1) is 58.1. The van der Waals surface area contributed by atoms with E-state index in [1.54, 1.807) is 74.4 Å². The van der Waals surface area contributed by atoms with E-state index in [1.807, 2.05) is 109 Å². The Morgan fingerprint density at radius 2 is 0.304 bits per heavy atom. The molecule has 0 radical (unpaired) electrons. The van der Waals surface area contributed by atoms with Crippen molar-refractivity contribution < 1.29 is 94.1 Å². The zero-order valence-electron chi connectivity index (χ0n) is 29.0. The molecular weight excluding hydrogens is 812 g/mol. The number of carboxylic acid groups (broad SMARTS) is 6. The summed E-state index contributed by atoms with van der Waals surface area (Å²) in [6, 6.07) is 34.3. The number of aromatic nitrogens is 6. The van der Waals surface area contributed by atoms with Crippen LogP contribution in [0.1, 0.15) is 0 Å². The second kappa shape index (κ2) is 47.8. The van der Waals surface area contributed by atoms with Crippen LogP contribution in [0.5, 0.6) is 0 Å². The fourth-order valence-corrected chi connectivity index (χ4v) is 1.88. The molecule has 0 fully saturated rings. The Morgan fingerprint density at radius 3 is 0.321 bits per heavy atom. The van der Waals surface area contributed by atoms with Crippen LogP contribution in [-0.2, 0) is 63.5 Å². The first-order chi connectivity index (χ1) is 25.9. The van der Waals surface area contributed by atoms with Gasteiger partial charge < -0.3 is 30.6 Å². The van der Waals surface area contributed by atoms with Gasteiger partial charge in [-0.05, 0) is 72.8 Å². The molecule has 6 N–H and O–H groups in total. The fraction of sp³-hybridized carbons (Fsp3) is 0. The molecule has 0 aliphatic heterocycles. The Balaban J connectivity index is -0.000000173. The van der Waals surface area contributed by atoms with Gasteiger partial charge in [0, 0.05) is 109 Å². The molecule has 6 heterocycles. The molecule has 0 unspecified atom stereocenters. The van der Waals surface area contributed by atoms with Crippen molar-refractivity contribution in [2.24, 2.45) is 0 Å². The van der Waals surface area contributed by atoms with Gasteiger partial charge in [0.1, 0.15) is 0 Å². The Bertz CT molecular complexity index is 1230. The van der Waals surface area contributed by atoms with Crippen LogP contribution >= 0.6 is 0 Å². The molecular formula is C36H36Cr2N6O12. The zero-order chi connectivity index (χ0) is 40.9. The maximum atomic E-state index is 9.10. The molecule has 0 aliphatic carbocycles. The molecule has 294 valence electrons. The van der Waals surface area contributed by atoms with E-state index in [-0.39, 0.29) is 34.7 Å². The second-order valence-corrected chi connectivity index (χ2v) is 7.98. The van der Waals surface area contributed by atoms with Crippen molar-refractivity contribution in [3.8, 4) is 0 Å². The molecule has 0 saturated heterocycles. The Kier molecular flexibility index (Phi) is 49.6. The SMILES string of the molecule is O=C(O)C(=O)O.O=C(O)C(=O)O.O=C(O)C(=O)O.[Cr].[Cr].c1ccncc1.c1ccncc1.c1ccncc1.c1ccncc1.c1ccncc1.c1ccncc1. The maximum Gasteiger partial charge on any atom is 0.414 e. The van der Waals surface area contributed by atoms with E-state index in [9.17, 15) is 0 Å². The van der Waals surface area contributed by atoms with Crippen LogP contribution in [0.3, 0.4) is 0 Å². The molecule has 0 bridgehead atoms. The molecule has 0 amide bonds. The van der Waals surface area contributed by atoms with Gasteiger partial charge in [0.25, 0.3) is 0 Å². The number of hydrogen-bond donors (Lipinski definition) is 6. The molecule has 18 nitrogen and oxygen atoms in total. The van der Waals surface area contributed by atoms with Crippen LogP contribution in [0.2, 0.25) is 0 Å². The fourth-order valence-electron chi connectivity index (χ4n) is 1.88. The van der Waals surface area contributed by atoms with Crippen LogP contribution in [-0.4, -0.2) is 96.4 Å². The minimum absolute atomic E-state index is 0. The predicted octanol–water partition coefficient (Wildman–Crippen LogP) is 3.95. The molecule has 6 aromatic heterocycles. The van der Waals surface area contributed by atoms with Crippen LogP contribution in [0.4, 0.5) is 0 Å². The molecule has 0 aliphatic rings. The Hall–Kier alpha value is -7.22. The quantitative estimate of drug-likeness (QED) is 0.118. The third kappa shape index (κ3) is 59.0. The van der Waals surface area contributed by atoms with E-state index in [0.29, 0.717) is 0 Å². The number of aliphatic carboxylic acids is 6. The summed E-state index contributed by atoms with van der Waals surface area (Å²) >= 11 is 0. The first-order valence-corrected chi connectivity index (χ1v) is 14.4. The smallest absolute Gasteiger partial charge is 0.414 e. The van der Waals surface area contributed by atoms with Crippen molar-refractivity contribution in [2.45, 2.75) is 0 Å². The Morgan fingerprint density at radius 1 is 0.214 bits per heavy atom. The third-order valence-corrected chi connectivity index (χ3v) is 3.95. The number of nitrogens with zero attached hydrogens (tertiary/aromatic N) is 6. The molecule has 6 aromatic rings. The Labute approximate surface area is 342 Å². The predicted molar refractivity (Wildman–Crippen MR) is 191 cm³/mol. The molecule has 0 saturated carbocycles.